The van der Waals surface area contributed by atoms with E-state index in [-0.39, 0.29) is 0 Å². The summed E-state index contributed by atoms with van der Waals surface area (Å²) in [6.45, 7) is 18.5. The zero-order valence-electron chi connectivity index (χ0n) is 19.8. The van der Waals surface area contributed by atoms with Crippen molar-refractivity contribution in [1.82, 2.24) is 0 Å². The van der Waals surface area contributed by atoms with Gasteiger partial charge in [0.25, 0.3) is 0 Å². The van der Waals surface area contributed by atoms with E-state index in [4.69, 9.17) is 4.74 Å². The minimum Gasteiger partial charge on any atom is -0.369 e. The summed E-state index contributed by atoms with van der Waals surface area (Å²) in [6.07, 6.45) is 7.16. The molecule has 0 aromatic heterocycles. The minimum absolute atomic E-state index is 0.340. The van der Waals surface area contributed by atoms with Crippen LogP contribution in [0, 0.1) is 59.2 Å². The molecule has 0 amide bonds. The van der Waals surface area contributed by atoms with Crippen LogP contribution in [-0.4, -0.2) is 18.4 Å². The highest BCUT2D eigenvalue weighted by Crippen LogP contribution is 2.55. The summed E-state index contributed by atoms with van der Waals surface area (Å²) in [6, 6.07) is 0. The van der Waals surface area contributed by atoms with Gasteiger partial charge in [-0.2, -0.15) is 0 Å². The van der Waals surface area contributed by atoms with Gasteiger partial charge in [-0.3, -0.25) is 0 Å². The second-order valence-corrected chi connectivity index (χ2v) is 11.8. The lowest BCUT2D eigenvalue weighted by molar-refractivity contribution is 0.282. The van der Waals surface area contributed by atoms with E-state index in [1.807, 2.05) is 0 Å². The van der Waals surface area contributed by atoms with Gasteiger partial charge in [0.15, 0.2) is 0 Å². The van der Waals surface area contributed by atoms with Crippen molar-refractivity contribution in [2.75, 3.05) is 0 Å². The van der Waals surface area contributed by atoms with Gasteiger partial charge in [-0.15, -0.1) is 0 Å². The van der Waals surface area contributed by atoms with Crippen LogP contribution in [-0.2, 0) is 4.74 Å². The smallest absolute Gasteiger partial charge is 0.107 e. The van der Waals surface area contributed by atoms with Crippen LogP contribution >= 0.6 is 0 Å². The first-order valence-electron chi connectivity index (χ1n) is 12.4. The summed E-state index contributed by atoms with van der Waals surface area (Å²) in [4.78, 5) is 0. The Balaban J connectivity index is 1.31. The van der Waals surface area contributed by atoms with Crippen LogP contribution in [0.2, 0.25) is 0 Å². The van der Waals surface area contributed by atoms with E-state index in [0.29, 0.717) is 47.7 Å². The van der Waals surface area contributed by atoms with Gasteiger partial charge in [0.1, 0.15) is 6.17 Å². The van der Waals surface area contributed by atoms with Gasteiger partial charge >= 0.3 is 0 Å². The molecule has 0 spiro atoms. The fourth-order valence-electron chi connectivity index (χ4n) is 6.34. The van der Waals surface area contributed by atoms with Crippen LogP contribution in [0.25, 0.3) is 0 Å². The van der Waals surface area contributed by atoms with Gasteiger partial charge in [-0.25, -0.2) is 4.39 Å². The number of epoxide rings is 1. The highest BCUT2D eigenvalue weighted by molar-refractivity contribution is 5.02. The summed E-state index contributed by atoms with van der Waals surface area (Å²) in [5.74, 6) is 6.68. The van der Waals surface area contributed by atoms with Gasteiger partial charge in [0, 0.05) is 0 Å². The maximum Gasteiger partial charge on any atom is 0.107 e. The van der Waals surface area contributed by atoms with E-state index in [0.717, 1.165) is 23.7 Å². The SMILES string of the molecule is CC(C)C1OC1C(C)CCC(C)C1CC1C(C)CCC(C)C1C(F)C1C(C)C. The van der Waals surface area contributed by atoms with Crippen molar-refractivity contribution in [3.8, 4) is 0 Å². The molecule has 3 rings (SSSR count). The lowest BCUT2D eigenvalue weighted by atomic mass is 9.86. The van der Waals surface area contributed by atoms with Crippen molar-refractivity contribution < 1.29 is 9.13 Å². The van der Waals surface area contributed by atoms with Gasteiger partial charge in [0.2, 0.25) is 0 Å². The Labute approximate surface area is 174 Å². The zero-order chi connectivity index (χ0) is 20.7. The molecule has 2 aliphatic carbocycles. The van der Waals surface area contributed by atoms with Crippen molar-refractivity contribution in [2.24, 2.45) is 59.2 Å². The molecule has 11 atom stereocenters. The van der Waals surface area contributed by atoms with E-state index in [2.05, 4.69) is 55.4 Å². The van der Waals surface area contributed by atoms with Gasteiger partial charge in [0.05, 0.1) is 12.2 Å². The van der Waals surface area contributed by atoms with Crippen LogP contribution in [0.1, 0.15) is 87.5 Å². The number of halogens is 1. The van der Waals surface area contributed by atoms with E-state index >= 15 is 0 Å². The monoisotopic (exact) mass is 394 g/mol. The zero-order valence-corrected chi connectivity index (χ0v) is 19.8. The highest BCUT2D eigenvalue weighted by Gasteiger charge is 2.54. The molecule has 0 bridgehead atoms. The second-order valence-electron chi connectivity index (χ2n) is 11.8. The molecule has 11 unspecified atom stereocenters. The fourth-order valence-corrected chi connectivity index (χ4v) is 6.34. The van der Waals surface area contributed by atoms with E-state index < -0.39 is 6.17 Å². The predicted molar refractivity (Wildman–Crippen MR) is 117 cm³/mol. The maximum atomic E-state index is 14.1. The Bertz CT molecular complexity index is 503. The third-order valence-electron chi connectivity index (χ3n) is 8.75. The van der Waals surface area contributed by atoms with Crippen molar-refractivity contribution in [3.05, 3.63) is 0 Å². The van der Waals surface area contributed by atoms with Crippen molar-refractivity contribution in [3.63, 3.8) is 0 Å². The molecule has 1 nitrogen and oxygen atoms in total. The lowest BCUT2D eigenvalue weighted by Gasteiger charge is -2.18. The molecular formula is C26H47FO. The minimum atomic E-state index is -0.522. The van der Waals surface area contributed by atoms with E-state index in [1.54, 1.807) is 0 Å². The Kier molecular flexibility index (Phi) is 7.21. The number of ether oxygens (including phenoxy) is 1. The number of hydrogen-bond donors (Lipinski definition) is 0. The number of alkyl halides is 1. The molecule has 164 valence electrons. The molecule has 2 heteroatoms. The fraction of sp³-hybridized carbons (Fsp3) is 1.00. The standard InChI is InChI=1S/C26H47FO/c1-14(2)22-23(24(22)27)18(7)11-9-16(5)20-13-21(20)17(6)10-12-19(8)26-25(28-26)15(3)4/h14-26H,9-13H2,1-8H3. The molecule has 3 fully saturated rings. The lowest BCUT2D eigenvalue weighted by Crippen LogP contribution is -2.13. The number of hydrogen-bond acceptors (Lipinski definition) is 1. The first-order chi connectivity index (χ1) is 13.1. The van der Waals surface area contributed by atoms with Gasteiger partial charge in [-0.1, -0.05) is 74.7 Å². The third-order valence-corrected chi connectivity index (χ3v) is 8.75. The largest absolute Gasteiger partial charge is 0.369 e. The predicted octanol–water partition coefficient (Wildman–Crippen LogP) is 7.39. The summed E-state index contributed by atoms with van der Waals surface area (Å²) >= 11 is 0. The van der Waals surface area contributed by atoms with E-state index in [9.17, 15) is 4.39 Å². The first kappa shape index (κ1) is 22.6. The summed E-state index contributed by atoms with van der Waals surface area (Å²) in [5, 5.41) is 0. The summed E-state index contributed by atoms with van der Waals surface area (Å²) < 4.78 is 20.0. The van der Waals surface area contributed by atoms with Crippen LogP contribution in [0.3, 0.4) is 0 Å². The molecule has 1 aliphatic heterocycles. The Hall–Kier alpha value is -0.110. The average Bonchev–Trinajstić information content (AvgIpc) is 3.50. The highest BCUT2D eigenvalue weighted by atomic mass is 19.1. The molecule has 3 aliphatic rings. The number of rotatable bonds is 12. The maximum absolute atomic E-state index is 14.1. The first-order valence-corrected chi connectivity index (χ1v) is 12.4. The molecular weight excluding hydrogens is 347 g/mol. The normalized spacial score (nSPS) is 41.0. The molecule has 0 aromatic carbocycles. The topological polar surface area (TPSA) is 12.5 Å². The van der Waals surface area contributed by atoms with Gasteiger partial charge < -0.3 is 4.74 Å². The third kappa shape index (κ3) is 5.13. The van der Waals surface area contributed by atoms with Crippen LogP contribution < -0.4 is 0 Å². The Morgan fingerprint density at radius 3 is 1.57 bits per heavy atom. The molecule has 0 aromatic rings. The van der Waals surface area contributed by atoms with Crippen LogP contribution in [0.5, 0.6) is 0 Å². The quantitative estimate of drug-likeness (QED) is 0.314. The molecule has 1 heterocycles. The summed E-state index contributed by atoms with van der Waals surface area (Å²) in [7, 11) is 0. The average molecular weight is 395 g/mol. The molecule has 1 saturated heterocycles. The van der Waals surface area contributed by atoms with Gasteiger partial charge in [-0.05, 0) is 72.0 Å². The molecule has 2 saturated carbocycles. The van der Waals surface area contributed by atoms with Crippen molar-refractivity contribution >= 4 is 0 Å². The molecule has 0 N–H and O–H groups in total. The molecule has 28 heavy (non-hydrogen) atoms. The van der Waals surface area contributed by atoms with Crippen LogP contribution in [0.4, 0.5) is 4.39 Å². The van der Waals surface area contributed by atoms with E-state index in [1.165, 1.54) is 32.1 Å². The van der Waals surface area contributed by atoms with Crippen molar-refractivity contribution in [1.29, 1.82) is 0 Å². The second kappa shape index (κ2) is 8.94. The Morgan fingerprint density at radius 2 is 1.14 bits per heavy atom. The molecule has 0 radical (unpaired) electrons. The Morgan fingerprint density at radius 1 is 0.643 bits per heavy atom. The van der Waals surface area contributed by atoms with Crippen molar-refractivity contribution in [2.45, 2.75) is 106 Å². The van der Waals surface area contributed by atoms with Crippen LogP contribution in [0.15, 0.2) is 0 Å². The summed E-state index contributed by atoms with van der Waals surface area (Å²) in [5.41, 5.74) is 0.